The number of fused-ring (bicyclic) bond motifs is 2. The lowest BCUT2D eigenvalue weighted by molar-refractivity contribution is -0.137. The molecule has 0 fully saturated rings. The Kier molecular flexibility index (Phi) is 4.10. The number of nitrogens with zero attached hydrogens (tertiary/aromatic N) is 2. The van der Waals surface area contributed by atoms with Crippen molar-refractivity contribution < 1.29 is 14.7 Å². The monoisotopic (exact) mass is 361 g/mol. The van der Waals surface area contributed by atoms with Gasteiger partial charge in [-0.15, -0.1) is 0 Å². The van der Waals surface area contributed by atoms with Crippen molar-refractivity contribution in [1.82, 2.24) is 9.13 Å². The van der Waals surface area contributed by atoms with Gasteiger partial charge in [-0.05, 0) is 29.3 Å². The summed E-state index contributed by atoms with van der Waals surface area (Å²) in [5, 5.41) is 11.7. The smallest absolute Gasteiger partial charge is 0.329 e. The van der Waals surface area contributed by atoms with Crippen LogP contribution in [0.25, 0.3) is 11.0 Å². The number of carboxylic acids is 1. The van der Waals surface area contributed by atoms with E-state index in [9.17, 15) is 14.4 Å². The second-order valence-corrected chi connectivity index (χ2v) is 6.58. The normalized spacial score (nSPS) is 13.0. The number of carbonyl (C=O) groups excluding carboxylic acids is 1. The number of benzene rings is 2. The third-order valence-electron chi connectivity index (χ3n) is 4.78. The molecular formula is C19H16BN3O4. The number of aromatic nitrogens is 2. The minimum Gasteiger partial charge on any atom is -0.481 e. The lowest BCUT2D eigenvalue weighted by Gasteiger charge is -2.10. The van der Waals surface area contributed by atoms with Gasteiger partial charge in [-0.3, -0.25) is 18.7 Å². The molecule has 7 nitrogen and oxygen atoms in total. The van der Waals surface area contributed by atoms with Gasteiger partial charge in [-0.25, -0.2) is 4.79 Å². The molecule has 0 saturated heterocycles. The highest BCUT2D eigenvalue weighted by atomic mass is 16.4. The summed E-state index contributed by atoms with van der Waals surface area (Å²) in [7, 11) is 5.96. The molecule has 2 aromatic carbocycles. The van der Waals surface area contributed by atoms with Crippen LogP contribution in [0.2, 0.25) is 0 Å². The zero-order valence-electron chi connectivity index (χ0n) is 14.4. The summed E-state index contributed by atoms with van der Waals surface area (Å²) in [5.74, 6) is -1.06. The van der Waals surface area contributed by atoms with Crippen molar-refractivity contribution in [1.29, 1.82) is 0 Å². The number of para-hydroxylation sites is 2. The van der Waals surface area contributed by atoms with Gasteiger partial charge in [0.1, 0.15) is 7.85 Å². The van der Waals surface area contributed by atoms with Crippen molar-refractivity contribution in [3.05, 3.63) is 58.0 Å². The van der Waals surface area contributed by atoms with Crippen molar-refractivity contribution in [2.75, 3.05) is 5.32 Å². The van der Waals surface area contributed by atoms with Crippen LogP contribution in [0.3, 0.4) is 0 Å². The molecule has 1 amide bonds. The molecule has 3 aromatic rings. The standard InChI is InChI=1S/C19H16BN3O4/c20-12-7-11(13-9-17(24)21-14(13)8-12)10-23-16-4-2-1-3-15(16)22(19(23)27)6-5-18(25)26/h1-4,7-8H,5-6,9-10H2,(H,21,24)(H,25,26). The Hall–Kier alpha value is -3.29. The number of hydrogen-bond donors (Lipinski definition) is 2. The van der Waals surface area contributed by atoms with Crippen LogP contribution in [0, 0.1) is 0 Å². The molecule has 2 heterocycles. The molecule has 2 radical (unpaired) electrons. The van der Waals surface area contributed by atoms with E-state index >= 15 is 0 Å². The Balaban J connectivity index is 1.82. The first-order chi connectivity index (χ1) is 12.9. The van der Waals surface area contributed by atoms with Gasteiger partial charge in [0.2, 0.25) is 5.91 Å². The quantitative estimate of drug-likeness (QED) is 0.652. The fourth-order valence-corrected chi connectivity index (χ4v) is 3.59. The third kappa shape index (κ3) is 3.03. The topological polar surface area (TPSA) is 93.3 Å². The molecule has 134 valence electrons. The number of aliphatic carboxylic acids is 1. The number of carboxylic acid groups (broad SMARTS) is 1. The largest absolute Gasteiger partial charge is 0.481 e. The molecule has 4 rings (SSSR count). The lowest BCUT2D eigenvalue weighted by atomic mass is 9.90. The highest BCUT2D eigenvalue weighted by Gasteiger charge is 2.22. The number of aryl methyl sites for hydroxylation is 1. The van der Waals surface area contributed by atoms with E-state index in [1.807, 2.05) is 18.2 Å². The van der Waals surface area contributed by atoms with Gasteiger partial charge in [0.05, 0.1) is 30.4 Å². The van der Waals surface area contributed by atoms with E-state index in [0.29, 0.717) is 22.2 Å². The Morgan fingerprint density at radius 1 is 1.15 bits per heavy atom. The molecule has 1 aromatic heterocycles. The molecule has 0 spiro atoms. The van der Waals surface area contributed by atoms with Crippen LogP contribution in [0.4, 0.5) is 5.69 Å². The van der Waals surface area contributed by atoms with E-state index in [-0.39, 0.29) is 37.5 Å². The van der Waals surface area contributed by atoms with Crippen LogP contribution in [0.1, 0.15) is 17.5 Å². The summed E-state index contributed by atoms with van der Waals surface area (Å²) in [6, 6.07) is 10.7. The fraction of sp³-hybridized carbons (Fsp3) is 0.211. The number of imidazole rings is 1. The predicted molar refractivity (Wildman–Crippen MR) is 102 cm³/mol. The first-order valence-electron chi connectivity index (χ1n) is 8.55. The lowest BCUT2D eigenvalue weighted by Crippen LogP contribution is -2.26. The Bertz CT molecular complexity index is 1150. The molecule has 27 heavy (non-hydrogen) atoms. The van der Waals surface area contributed by atoms with E-state index in [0.717, 1.165) is 11.1 Å². The Morgan fingerprint density at radius 3 is 2.56 bits per heavy atom. The first kappa shape index (κ1) is 17.1. The number of rotatable bonds is 5. The molecule has 0 aliphatic carbocycles. The average molecular weight is 361 g/mol. The third-order valence-corrected chi connectivity index (χ3v) is 4.78. The molecule has 0 saturated carbocycles. The van der Waals surface area contributed by atoms with Crippen LogP contribution in [-0.2, 0) is 29.1 Å². The summed E-state index contributed by atoms with van der Waals surface area (Å²) >= 11 is 0. The van der Waals surface area contributed by atoms with Gasteiger partial charge < -0.3 is 10.4 Å². The summed E-state index contributed by atoms with van der Waals surface area (Å²) in [5.41, 5.74) is 3.92. The van der Waals surface area contributed by atoms with Crippen LogP contribution in [0.5, 0.6) is 0 Å². The minimum absolute atomic E-state index is 0.0940. The summed E-state index contributed by atoms with van der Waals surface area (Å²) < 4.78 is 3.06. The summed E-state index contributed by atoms with van der Waals surface area (Å²) in [4.78, 5) is 35.7. The average Bonchev–Trinajstić information content (AvgIpc) is 3.11. The van der Waals surface area contributed by atoms with Gasteiger partial charge in [0, 0.05) is 12.2 Å². The molecule has 1 aliphatic rings. The second-order valence-electron chi connectivity index (χ2n) is 6.58. The second kappa shape index (κ2) is 6.46. The van der Waals surface area contributed by atoms with Crippen molar-refractivity contribution in [2.45, 2.75) is 25.9 Å². The minimum atomic E-state index is -0.961. The zero-order chi connectivity index (χ0) is 19.1. The summed E-state index contributed by atoms with van der Waals surface area (Å²) in [6.07, 6.45) is 0.109. The molecular weight excluding hydrogens is 345 g/mol. The fourth-order valence-electron chi connectivity index (χ4n) is 3.59. The van der Waals surface area contributed by atoms with Crippen molar-refractivity contribution in [3.8, 4) is 0 Å². The van der Waals surface area contributed by atoms with Gasteiger partial charge >= 0.3 is 11.7 Å². The van der Waals surface area contributed by atoms with E-state index in [1.54, 1.807) is 22.8 Å². The van der Waals surface area contributed by atoms with E-state index in [4.69, 9.17) is 13.0 Å². The SMILES string of the molecule is [B]c1cc(Cn2c(=O)n(CCC(=O)O)c3ccccc32)c2c(c1)NC(=O)C2. The van der Waals surface area contributed by atoms with Gasteiger partial charge in [0.15, 0.2) is 0 Å². The number of amides is 1. The van der Waals surface area contributed by atoms with E-state index in [2.05, 4.69) is 5.32 Å². The number of hydrogen-bond acceptors (Lipinski definition) is 3. The van der Waals surface area contributed by atoms with Crippen molar-refractivity contribution in [3.63, 3.8) is 0 Å². The molecule has 8 heteroatoms. The van der Waals surface area contributed by atoms with E-state index in [1.165, 1.54) is 4.57 Å². The molecule has 0 bridgehead atoms. The van der Waals surface area contributed by atoms with Crippen LogP contribution < -0.4 is 16.5 Å². The highest BCUT2D eigenvalue weighted by Crippen LogP contribution is 2.26. The predicted octanol–water partition coefficient (Wildman–Crippen LogP) is 0.614. The van der Waals surface area contributed by atoms with E-state index < -0.39 is 5.97 Å². The molecule has 1 aliphatic heterocycles. The molecule has 0 unspecified atom stereocenters. The van der Waals surface area contributed by atoms with Crippen molar-refractivity contribution >= 4 is 41.9 Å². The van der Waals surface area contributed by atoms with Crippen LogP contribution in [0.15, 0.2) is 41.2 Å². The maximum atomic E-state index is 13.0. The Labute approximate surface area is 155 Å². The van der Waals surface area contributed by atoms with Crippen molar-refractivity contribution in [2.24, 2.45) is 0 Å². The van der Waals surface area contributed by atoms with Crippen LogP contribution in [-0.4, -0.2) is 34.0 Å². The maximum absolute atomic E-state index is 13.0. The highest BCUT2D eigenvalue weighted by molar-refractivity contribution is 6.33. The number of nitrogens with one attached hydrogen (secondary N) is 1. The molecule has 2 N–H and O–H groups in total. The maximum Gasteiger partial charge on any atom is 0.329 e. The Morgan fingerprint density at radius 2 is 1.85 bits per heavy atom. The number of carbonyl (C=O) groups is 2. The van der Waals surface area contributed by atoms with Crippen LogP contribution >= 0.6 is 0 Å². The van der Waals surface area contributed by atoms with Gasteiger partial charge in [-0.1, -0.05) is 23.7 Å². The zero-order valence-corrected chi connectivity index (χ0v) is 14.4. The first-order valence-corrected chi connectivity index (χ1v) is 8.55. The van der Waals surface area contributed by atoms with Gasteiger partial charge in [0.25, 0.3) is 0 Å². The van der Waals surface area contributed by atoms with Gasteiger partial charge in [-0.2, -0.15) is 0 Å². The number of anilines is 1. The summed E-state index contributed by atoms with van der Waals surface area (Å²) in [6.45, 7) is 0.346. The molecule has 0 atom stereocenters.